The van der Waals surface area contributed by atoms with Crippen LogP contribution >= 0.6 is 0 Å². The van der Waals surface area contributed by atoms with Gasteiger partial charge in [-0.15, -0.1) is 0 Å². The minimum absolute atomic E-state index is 0.00683. The zero-order valence-electron chi connectivity index (χ0n) is 16.8. The van der Waals surface area contributed by atoms with Crippen molar-refractivity contribution in [3.63, 3.8) is 0 Å². The van der Waals surface area contributed by atoms with Crippen molar-refractivity contribution >= 4 is 34.0 Å². The van der Waals surface area contributed by atoms with Crippen LogP contribution in [0.2, 0.25) is 0 Å². The van der Waals surface area contributed by atoms with Crippen LogP contribution in [0.15, 0.2) is 54.9 Å². The number of nitrogens with one attached hydrogen (secondary N) is 2. The fourth-order valence-electron chi connectivity index (χ4n) is 3.87. The molecule has 2 amide bonds. The third-order valence-electron chi connectivity index (χ3n) is 5.28. The van der Waals surface area contributed by atoms with Crippen LogP contribution in [0.3, 0.4) is 0 Å². The van der Waals surface area contributed by atoms with E-state index in [0.29, 0.717) is 26.7 Å². The molecule has 2 aromatic carbocycles. The topological polar surface area (TPSA) is 88.9 Å². The number of hydrogen-bond acceptors (Lipinski definition) is 4. The predicted molar refractivity (Wildman–Crippen MR) is 111 cm³/mol. The monoisotopic (exact) mass is 473 g/mol. The molecule has 0 atom stereocenters. The number of alkyl halides is 5. The van der Waals surface area contributed by atoms with Crippen LogP contribution in [0.5, 0.6) is 0 Å². The fraction of sp³-hybridized carbons (Fsp3) is 0.0909. The van der Waals surface area contributed by atoms with Gasteiger partial charge in [0.05, 0.1) is 17.4 Å². The van der Waals surface area contributed by atoms with E-state index in [9.17, 15) is 31.5 Å². The molecule has 3 heterocycles. The van der Waals surface area contributed by atoms with Crippen molar-refractivity contribution in [2.45, 2.75) is 12.6 Å². The quantitative estimate of drug-likeness (QED) is 0.399. The summed E-state index contributed by atoms with van der Waals surface area (Å²) in [5.74, 6) is -1.57. The normalized spacial score (nSPS) is 12.9. The Morgan fingerprint density at radius 3 is 2.65 bits per heavy atom. The van der Waals surface area contributed by atoms with E-state index < -0.39 is 35.5 Å². The molecule has 34 heavy (non-hydrogen) atoms. The number of pyridine rings is 1. The zero-order chi connectivity index (χ0) is 24.2. The summed E-state index contributed by atoms with van der Waals surface area (Å²) >= 11 is 0. The molecule has 4 aromatic rings. The first-order chi connectivity index (χ1) is 16.1. The summed E-state index contributed by atoms with van der Waals surface area (Å²) in [5.41, 5.74) is -2.18. The number of hydrogen-bond donors (Lipinski definition) is 2. The van der Waals surface area contributed by atoms with Crippen LogP contribution in [0.1, 0.15) is 38.5 Å². The van der Waals surface area contributed by atoms with Crippen LogP contribution in [-0.2, 0) is 6.18 Å². The molecule has 0 saturated carbocycles. The number of amides is 2. The maximum atomic E-state index is 14.1. The molecule has 2 aromatic heterocycles. The predicted octanol–water partition coefficient (Wildman–Crippen LogP) is 5.19. The van der Waals surface area contributed by atoms with Gasteiger partial charge in [0, 0.05) is 33.9 Å². The van der Waals surface area contributed by atoms with Crippen molar-refractivity contribution in [1.29, 1.82) is 0 Å². The van der Waals surface area contributed by atoms with Gasteiger partial charge in [-0.2, -0.15) is 18.3 Å². The number of carbonyl (C=O) groups is 2. The highest BCUT2D eigenvalue weighted by molar-refractivity contribution is 6.25. The van der Waals surface area contributed by atoms with Gasteiger partial charge in [0.25, 0.3) is 18.2 Å². The number of nitrogens with zero attached hydrogens (tertiary/aromatic N) is 3. The Bertz CT molecular complexity index is 1480. The lowest BCUT2D eigenvalue weighted by molar-refractivity contribution is -0.143. The SMILES string of the molecule is O=C(Nc1ccnc(C(F)F)c1)c1cnn(-c2ccc3c4c(cccc24)C(=O)N3)c1C(F)(F)F. The summed E-state index contributed by atoms with van der Waals surface area (Å²) in [4.78, 5) is 28.3. The van der Waals surface area contributed by atoms with Gasteiger partial charge < -0.3 is 10.6 Å². The summed E-state index contributed by atoms with van der Waals surface area (Å²) in [6.45, 7) is 0. The smallest absolute Gasteiger partial charge is 0.322 e. The summed E-state index contributed by atoms with van der Waals surface area (Å²) in [6, 6.07) is 9.48. The van der Waals surface area contributed by atoms with E-state index in [0.717, 1.165) is 18.5 Å². The number of rotatable bonds is 4. The molecule has 1 aliphatic rings. The van der Waals surface area contributed by atoms with Gasteiger partial charge in [0.15, 0.2) is 5.69 Å². The lowest BCUT2D eigenvalue weighted by Crippen LogP contribution is -2.21. The van der Waals surface area contributed by atoms with Crippen LogP contribution in [0, 0.1) is 0 Å². The molecule has 0 spiro atoms. The van der Waals surface area contributed by atoms with E-state index in [2.05, 4.69) is 20.7 Å². The molecule has 0 saturated heterocycles. The standard InChI is InChI=1S/C22H12F5N5O2/c23-19(24)15-8-10(6-7-28-15)30-21(34)13-9-29-32(18(13)22(25,26)27)16-5-4-14-17-11(16)2-1-3-12(17)20(33)31-14/h1-9,19H,(H,31,33)(H,28,30,34). The molecule has 2 N–H and O–H groups in total. The molecule has 5 rings (SSSR count). The molecule has 0 radical (unpaired) electrons. The van der Waals surface area contributed by atoms with Crippen molar-refractivity contribution < 1.29 is 31.5 Å². The van der Waals surface area contributed by atoms with Gasteiger partial charge in [0.1, 0.15) is 5.69 Å². The lowest BCUT2D eigenvalue weighted by atomic mass is 10.0. The molecule has 0 unspecified atom stereocenters. The van der Waals surface area contributed by atoms with Crippen molar-refractivity contribution in [3.8, 4) is 5.69 Å². The highest BCUT2D eigenvalue weighted by Gasteiger charge is 2.41. The second-order valence-corrected chi connectivity index (χ2v) is 7.36. The third kappa shape index (κ3) is 3.43. The molecule has 0 aliphatic carbocycles. The Morgan fingerprint density at radius 2 is 1.91 bits per heavy atom. The van der Waals surface area contributed by atoms with Crippen molar-refractivity contribution in [2.24, 2.45) is 0 Å². The van der Waals surface area contributed by atoms with Crippen molar-refractivity contribution in [1.82, 2.24) is 14.8 Å². The van der Waals surface area contributed by atoms with E-state index in [1.807, 2.05) is 0 Å². The average Bonchev–Trinajstić information content (AvgIpc) is 3.37. The average molecular weight is 473 g/mol. The zero-order valence-corrected chi connectivity index (χ0v) is 16.8. The van der Waals surface area contributed by atoms with Gasteiger partial charge in [-0.25, -0.2) is 13.5 Å². The summed E-state index contributed by atoms with van der Waals surface area (Å²) in [7, 11) is 0. The molecule has 12 heteroatoms. The number of halogens is 5. The largest absolute Gasteiger partial charge is 0.434 e. The van der Waals surface area contributed by atoms with E-state index in [-0.39, 0.29) is 17.3 Å². The van der Waals surface area contributed by atoms with Gasteiger partial charge in [-0.3, -0.25) is 14.6 Å². The first-order valence-electron chi connectivity index (χ1n) is 9.73. The maximum Gasteiger partial charge on any atom is 0.434 e. The van der Waals surface area contributed by atoms with Gasteiger partial charge in [0.2, 0.25) is 0 Å². The fourth-order valence-corrected chi connectivity index (χ4v) is 3.87. The number of carbonyl (C=O) groups excluding carboxylic acids is 2. The van der Waals surface area contributed by atoms with Gasteiger partial charge in [-0.1, -0.05) is 12.1 Å². The molecule has 0 bridgehead atoms. The molecule has 172 valence electrons. The van der Waals surface area contributed by atoms with Crippen LogP contribution in [-0.4, -0.2) is 26.6 Å². The van der Waals surface area contributed by atoms with Gasteiger partial charge >= 0.3 is 6.18 Å². The highest BCUT2D eigenvalue weighted by Crippen LogP contribution is 2.39. The van der Waals surface area contributed by atoms with Crippen molar-refractivity contribution in [2.75, 3.05) is 10.6 Å². The third-order valence-corrected chi connectivity index (χ3v) is 5.28. The van der Waals surface area contributed by atoms with Gasteiger partial charge in [-0.05, 0) is 30.3 Å². The Kier molecular flexibility index (Phi) is 4.81. The summed E-state index contributed by atoms with van der Waals surface area (Å²) in [5, 5.41) is 9.40. The molecule has 0 fully saturated rings. The van der Waals surface area contributed by atoms with E-state index in [1.165, 1.54) is 24.3 Å². The second-order valence-electron chi connectivity index (χ2n) is 7.36. The van der Waals surface area contributed by atoms with E-state index >= 15 is 0 Å². The van der Waals surface area contributed by atoms with E-state index in [1.54, 1.807) is 12.1 Å². The Morgan fingerprint density at radius 1 is 1.12 bits per heavy atom. The molecular weight excluding hydrogens is 461 g/mol. The summed E-state index contributed by atoms with van der Waals surface area (Å²) in [6.07, 6.45) is -6.16. The van der Waals surface area contributed by atoms with Crippen LogP contribution < -0.4 is 10.6 Å². The Labute approximate surface area is 187 Å². The number of aromatic nitrogens is 3. The van der Waals surface area contributed by atoms with Crippen LogP contribution in [0.4, 0.5) is 33.3 Å². The number of anilines is 2. The first-order valence-corrected chi connectivity index (χ1v) is 9.73. The first kappa shape index (κ1) is 21.5. The second kappa shape index (κ2) is 7.61. The summed E-state index contributed by atoms with van der Waals surface area (Å²) < 4.78 is 68.7. The molecule has 7 nitrogen and oxygen atoms in total. The van der Waals surface area contributed by atoms with E-state index in [4.69, 9.17) is 0 Å². The minimum atomic E-state index is -4.99. The molecular formula is C22H12F5N5O2. The van der Waals surface area contributed by atoms with Crippen molar-refractivity contribution in [3.05, 3.63) is 77.4 Å². The maximum absolute atomic E-state index is 14.1. The minimum Gasteiger partial charge on any atom is -0.322 e. The highest BCUT2D eigenvalue weighted by atomic mass is 19.4. The lowest BCUT2D eigenvalue weighted by Gasteiger charge is -2.15. The van der Waals surface area contributed by atoms with Crippen LogP contribution in [0.25, 0.3) is 16.5 Å². The Hall–Kier alpha value is -4.35. The molecule has 1 aliphatic heterocycles. The number of benzene rings is 2. The Balaban J connectivity index is 1.62.